The lowest BCUT2D eigenvalue weighted by atomic mass is 9.72. The lowest BCUT2D eigenvalue weighted by molar-refractivity contribution is 0.200. The van der Waals surface area contributed by atoms with Crippen LogP contribution in [0.1, 0.15) is 46.0 Å². The second-order valence-corrected chi connectivity index (χ2v) is 6.02. The number of hydrogen-bond donors (Lipinski definition) is 1. The van der Waals surface area contributed by atoms with E-state index in [-0.39, 0.29) is 6.61 Å². The number of allylic oxidation sites excluding steroid dienone is 2. The van der Waals surface area contributed by atoms with E-state index in [1.165, 1.54) is 30.4 Å². The second kappa shape index (κ2) is 4.37. The summed E-state index contributed by atoms with van der Waals surface area (Å²) in [5, 5.41) is 9.25. The molecule has 1 saturated carbocycles. The van der Waals surface area contributed by atoms with Crippen LogP contribution in [-0.2, 0) is 0 Å². The smallest absolute Gasteiger partial charge is 0.0641 e. The average molecular weight is 220 g/mol. The predicted molar refractivity (Wildman–Crippen MR) is 68.2 cm³/mol. The van der Waals surface area contributed by atoms with Crippen LogP contribution >= 0.6 is 0 Å². The highest BCUT2D eigenvalue weighted by Gasteiger charge is 2.44. The van der Waals surface area contributed by atoms with Crippen LogP contribution in [0, 0.1) is 17.3 Å². The molecule has 3 unspecified atom stereocenters. The van der Waals surface area contributed by atoms with Crippen LogP contribution in [-0.4, -0.2) is 11.7 Å². The van der Waals surface area contributed by atoms with Crippen LogP contribution in [0.5, 0.6) is 0 Å². The van der Waals surface area contributed by atoms with E-state index in [4.69, 9.17) is 0 Å². The van der Waals surface area contributed by atoms with E-state index < -0.39 is 0 Å². The van der Waals surface area contributed by atoms with E-state index in [0.29, 0.717) is 5.41 Å². The molecule has 0 aliphatic heterocycles. The third-order valence-electron chi connectivity index (χ3n) is 4.88. The van der Waals surface area contributed by atoms with Gasteiger partial charge in [-0.3, -0.25) is 0 Å². The highest BCUT2D eigenvalue weighted by Crippen LogP contribution is 2.54. The standard InChI is InChI=1S/C15H24O/c1-11(2)13-7-9-15(3)8-6-12(10-16)4-5-14(13)15/h6,13-14,16H,1,4-5,7-10H2,2-3H3. The topological polar surface area (TPSA) is 20.2 Å². The van der Waals surface area contributed by atoms with Gasteiger partial charge in [-0.2, -0.15) is 0 Å². The van der Waals surface area contributed by atoms with Gasteiger partial charge in [-0.05, 0) is 61.9 Å². The summed E-state index contributed by atoms with van der Waals surface area (Å²) >= 11 is 0. The van der Waals surface area contributed by atoms with Crippen molar-refractivity contribution in [3.05, 3.63) is 23.8 Å². The largest absolute Gasteiger partial charge is 0.392 e. The van der Waals surface area contributed by atoms with E-state index in [9.17, 15) is 5.11 Å². The van der Waals surface area contributed by atoms with E-state index in [1.54, 1.807) is 0 Å². The Balaban J connectivity index is 2.18. The zero-order valence-electron chi connectivity index (χ0n) is 10.6. The van der Waals surface area contributed by atoms with Crippen LogP contribution in [0.25, 0.3) is 0 Å². The van der Waals surface area contributed by atoms with Gasteiger partial charge in [0.05, 0.1) is 6.61 Å². The van der Waals surface area contributed by atoms with Crippen molar-refractivity contribution in [1.82, 2.24) is 0 Å². The maximum atomic E-state index is 9.25. The Morgan fingerprint density at radius 3 is 2.94 bits per heavy atom. The number of aliphatic hydroxyl groups excluding tert-OH is 1. The third-order valence-corrected chi connectivity index (χ3v) is 4.88. The molecule has 0 radical (unpaired) electrons. The lowest BCUT2D eigenvalue weighted by Crippen LogP contribution is -2.24. The molecule has 2 aliphatic carbocycles. The Morgan fingerprint density at radius 1 is 1.56 bits per heavy atom. The minimum absolute atomic E-state index is 0.251. The summed E-state index contributed by atoms with van der Waals surface area (Å²) in [4.78, 5) is 0. The van der Waals surface area contributed by atoms with Crippen LogP contribution in [0.4, 0.5) is 0 Å². The van der Waals surface area contributed by atoms with Crippen molar-refractivity contribution in [2.24, 2.45) is 17.3 Å². The van der Waals surface area contributed by atoms with Gasteiger partial charge in [0.1, 0.15) is 0 Å². The summed E-state index contributed by atoms with van der Waals surface area (Å²) < 4.78 is 0. The Morgan fingerprint density at radius 2 is 2.31 bits per heavy atom. The summed E-state index contributed by atoms with van der Waals surface area (Å²) in [6, 6.07) is 0. The van der Waals surface area contributed by atoms with Gasteiger partial charge in [0.2, 0.25) is 0 Å². The van der Waals surface area contributed by atoms with E-state index >= 15 is 0 Å². The summed E-state index contributed by atoms with van der Waals surface area (Å²) in [6.07, 6.45) is 8.41. The van der Waals surface area contributed by atoms with E-state index in [1.807, 2.05) is 0 Å². The van der Waals surface area contributed by atoms with Gasteiger partial charge in [0.15, 0.2) is 0 Å². The van der Waals surface area contributed by atoms with Crippen LogP contribution in [0.15, 0.2) is 23.8 Å². The van der Waals surface area contributed by atoms with Crippen molar-refractivity contribution in [3.8, 4) is 0 Å². The molecule has 16 heavy (non-hydrogen) atoms. The van der Waals surface area contributed by atoms with Crippen molar-refractivity contribution >= 4 is 0 Å². The van der Waals surface area contributed by atoms with Gasteiger partial charge >= 0.3 is 0 Å². The average Bonchev–Trinajstić information content (AvgIpc) is 2.48. The quantitative estimate of drug-likeness (QED) is 0.704. The fourth-order valence-electron chi connectivity index (χ4n) is 3.71. The maximum Gasteiger partial charge on any atom is 0.0641 e. The summed E-state index contributed by atoms with van der Waals surface area (Å²) in [5.41, 5.74) is 3.07. The molecule has 1 nitrogen and oxygen atoms in total. The summed E-state index contributed by atoms with van der Waals surface area (Å²) in [7, 11) is 0. The first-order valence-corrected chi connectivity index (χ1v) is 6.51. The molecule has 0 aromatic heterocycles. The molecule has 0 spiro atoms. The third kappa shape index (κ3) is 1.98. The molecule has 2 aliphatic rings. The highest BCUT2D eigenvalue weighted by molar-refractivity contribution is 5.14. The number of fused-ring (bicyclic) bond motifs is 1. The van der Waals surface area contributed by atoms with Crippen molar-refractivity contribution in [2.45, 2.75) is 46.0 Å². The minimum atomic E-state index is 0.251. The molecule has 90 valence electrons. The first-order valence-electron chi connectivity index (χ1n) is 6.51. The van der Waals surface area contributed by atoms with Gasteiger partial charge in [0, 0.05) is 0 Å². The van der Waals surface area contributed by atoms with Gasteiger partial charge < -0.3 is 5.11 Å². The first kappa shape index (κ1) is 11.9. The van der Waals surface area contributed by atoms with Crippen molar-refractivity contribution in [1.29, 1.82) is 0 Å². The number of aliphatic hydroxyl groups is 1. The molecular weight excluding hydrogens is 196 g/mol. The van der Waals surface area contributed by atoms with Crippen molar-refractivity contribution < 1.29 is 5.11 Å². The Labute approximate surface area is 99.3 Å². The Kier molecular flexibility index (Phi) is 3.25. The molecule has 0 aromatic carbocycles. The minimum Gasteiger partial charge on any atom is -0.392 e. The van der Waals surface area contributed by atoms with E-state index in [2.05, 4.69) is 26.5 Å². The SMILES string of the molecule is C=C(C)C1CCC2(C)CC=C(CO)CCC12. The normalized spacial score (nSPS) is 38.8. The molecule has 0 bridgehead atoms. The van der Waals surface area contributed by atoms with Gasteiger partial charge in [-0.1, -0.05) is 25.2 Å². The van der Waals surface area contributed by atoms with Crippen LogP contribution < -0.4 is 0 Å². The number of hydrogen-bond acceptors (Lipinski definition) is 1. The molecule has 0 heterocycles. The van der Waals surface area contributed by atoms with Gasteiger partial charge in [-0.25, -0.2) is 0 Å². The fraction of sp³-hybridized carbons (Fsp3) is 0.733. The van der Waals surface area contributed by atoms with E-state index in [0.717, 1.165) is 24.7 Å². The Bertz CT molecular complexity index is 315. The molecular formula is C15H24O. The zero-order chi connectivity index (χ0) is 11.8. The molecule has 1 N–H and O–H groups in total. The Hall–Kier alpha value is -0.560. The summed E-state index contributed by atoms with van der Waals surface area (Å²) in [5.74, 6) is 1.50. The fourth-order valence-corrected chi connectivity index (χ4v) is 3.71. The first-order chi connectivity index (χ1) is 7.57. The van der Waals surface area contributed by atoms with Crippen molar-refractivity contribution in [2.75, 3.05) is 6.61 Å². The molecule has 0 amide bonds. The van der Waals surface area contributed by atoms with Crippen LogP contribution in [0.3, 0.4) is 0 Å². The monoisotopic (exact) mass is 220 g/mol. The second-order valence-electron chi connectivity index (χ2n) is 6.02. The molecule has 1 heteroatoms. The lowest BCUT2D eigenvalue weighted by Gasteiger charge is -2.32. The zero-order valence-corrected chi connectivity index (χ0v) is 10.6. The molecule has 2 rings (SSSR count). The van der Waals surface area contributed by atoms with Gasteiger partial charge in [-0.15, -0.1) is 0 Å². The predicted octanol–water partition coefficient (Wildman–Crippen LogP) is 3.70. The molecule has 0 aromatic rings. The van der Waals surface area contributed by atoms with Gasteiger partial charge in [0.25, 0.3) is 0 Å². The number of rotatable bonds is 2. The molecule has 1 fully saturated rings. The molecule has 3 atom stereocenters. The highest BCUT2D eigenvalue weighted by atomic mass is 16.3. The van der Waals surface area contributed by atoms with Crippen molar-refractivity contribution in [3.63, 3.8) is 0 Å². The maximum absolute atomic E-state index is 9.25. The summed E-state index contributed by atoms with van der Waals surface area (Å²) in [6.45, 7) is 9.02. The van der Waals surface area contributed by atoms with Crippen LogP contribution in [0.2, 0.25) is 0 Å². The molecule has 0 saturated heterocycles.